The van der Waals surface area contributed by atoms with Crippen LogP contribution in [0.2, 0.25) is 0 Å². The van der Waals surface area contributed by atoms with Crippen LogP contribution in [0.1, 0.15) is 34.5 Å². The number of rotatable bonds is 2. The van der Waals surface area contributed by atoms with E-state index in [4.69, 9.17) is 4.74 Å². The Kier molecular flexibility index (Phi) is 2.75. The fraction of sp³-hybridized carbons (Fsp3) is 0.462. The Hall–Kier alpha value is -2.02. The van der Waals surface area contributed by atoms with Crippen molar-refractivity contribution in [3.63, 3.8) is 0 Å². The summed E-state index contributed by atoms with van der Waals surface area (Å²) in [6.07, 6.45) is -0.301. The second kappa shape index (κ2) is 4.24. The van der Waals surface area contributed by atoms with E-state index in [9.17, 15) is 23.9 Å². The highest BCUT2D eigenvalue weighted by Gasteiger charge is 2.46. The van der Waals surface area contributed by atoms with E-state index in [1.54, 1.807) is 0 Å². The standard InChI is InChI=1S/C13H12FNO5/c14-3-2-13(19)8-5-9-10(16)1-4-15(9)11(17)7(8)6-20-12(13)18/h5,19H,1-4,6H2/t13-/m0/s1. The molecule has 0 fully saturated rings. The first kappa shape index (κ1) is 13.0. The fourth-order valence-corrected chi connectivity index (χ4v) is 2.73. The third-order valence-electron chi connectivity index (χ3n) is 3.84. The summed E-state index contributed by atoms with van der Waals surface area (Å²) in [6.45, 7) is -0.941. The number of hydrogen-bond acceptors (Lipinski definition) is 5. The van der Waals surface area contributed by atoms with Gasteiger partial charge in [0.2, 0.25) is 0 Å². The van der Waals surface area contributed by atoms with Gasteiger partial charge >= 0.3 is 5.97 Å². The minimum Gasteiger partial charge on any atom is -0.458 e. The number of halogens is 1. The maximum Gasteiger partial charge on any atom is 0.343 e. The third kappa shape index (κ3) is 1.56. The molecule has 0 aromatic carbocycles. The van der Waals surface area contributed by atoms with E-state index in [1.807, 2.05) is 0 Å². The number of ketones is 1. The predicted molar refractivity (Wildman–Crippen MR) is 63.9 cm³/mol. The van der Waals surface area contributed by atoms with Gasteiger partial charge in [-0.2, -0.15) is 0 Å². The van der Waals surface area contributed by atoms with Gasteiger partial charge in [-0.3, -0.25) is 14.0 Å². The van der Waals surface area contributed by atoms with Crippen molar-refractivity contribution < 1.29 is 23.8 Å². The van der Waals surface area contributed by atoms with Gasteiger partial charge in [0.05, 0.1) is 17.9 Å². The summed E-state index contributed by atoms with van der Waals surface area (Å²) in [5, 5.41) is 10.4. The van der Waals surface area contributed by atoms with Crippen molar-refractivity contribution in [2.75, 3.05) is 6.67 Å². The third-order valence-corrected chi connectivity index (χ3v) is 3.84. The van der Waals surface area contributed by atoms with Crippen molar-refractivity contribution in [3.05, 3.63) is 33.2 Å². The molecular weight excluding hydrogens is 269 g/mol. The van der Waals surface area contributed by atoms with E-state index >= 15 is 0 Å². The van der Waals surface area contributed by atoms with Gasteiger partial charge in [0.15, 0.2) is 11.4 Å². The summed E-state index contributed by atoms with van der Waals surface area (Å²) >= 11 is 0. The molecule has 0 aliphatic carbocycles. The molecule has 0 bridgehead atoms. The molecular formula is C13H12FNO5. The Morgan fingerprint density at radius 2 is 2.15 bits per heavy atom. The normalized spacial score (nSPS) is 24.3. The summed E-state index contributed by atoms with van der Waals surface area (Å²) in [7, 11) is 0. The summed E-state index contributed by atoms with van der Waals surface area (Å²) in [4.78, 5) is 35.7. The number of fused-ring (bicyclic) bond motifs is 2. The Morgan fingerprint density at radius 1 is 1.40 bits per heavy atom. The van der Waals surface area contributed by atoms with E-state index in [1.165, 1.54) is 10.6 Å². The van der Waals surface area contributed by atoms with E-state index in [0.29, 0.717) is 0 Å². The molecule has 0 saturated carbocycles. The fourth-order valence-electron chi connectivity index (χ4n) is 2.73. The second-order valence-electron chi connectivity index (χ2n) is 4.93. The maximum atomic E-state index is 12.6. The first-order valence-electron chi connectivity index (χ1n) is 6.25. The van der Waals surface area contributed by atoms with Gasteiger partial charge in [-0.25, -0.2) is 4.79 Å². The van der Waals surface area contributed by atoms with Crippen LogP contribution in [-0.2, 0) is 28.3 Å². The van der Waals surface area contributed by atoms with Crippen molar-refractivity contribution in [3.8, 4) is 0 Å². The predicted octanol–water partition coefficient (Wildman–Crippen LogP) is 0.0387. The molecule has 7 heteroatoms. The van der Waals surface area contributed by atoms with Gasteiger partial charge in [-0.1, -0.05) is 0 Å². The number of Topliss-reactive ketones (excluding diaryl/α,β-unsaturated/α-hetero) is 1. The number of aromatic nitrogens is 1. The highest BCUT2D eigenvalue weighted by molar-refractivity contribution is 5.97. The van der Waals surface area contributed by atoms with Crippen LogP contribution in [0.15, 0.2) is 10.9 Å². The second-order valence-corrected chi connectivity index (χ2v) is 4.93. The van der Waals surface area contributed by atoms with Crippen molar-refractivity contribution >= 4 is 11.8 Å². The highest BCUT2D eigenvalue weighted by atomic mass is 19.1. The quantitative estimate of drug-likeness (QED) is 0.773. The average Bonchev–Trinajstić information content (AvgIpc) is 2.78. The largest absolute Gasteiger partial charge is 0.458 e. The molecule has 20 heavy (non-hydrogen) atoms. The van der Waals surface area contributed by atoms with Gasteiger partial charge in [0.25, 0.3) is 5.56 Å². The molecule has 3 heterocycles. The van der Waals surface area contributed by atoms with Crippen LogP contribution in [0.5, 0.6) is 0 Å². The lowest BCUT2D eigenvalue weighted by Gasteiger charge is -2.31. The summed E-state index contributed by atoms with van der Waals surface area (Å²) in [5.74, 6) is -1.22. The monoisotopic (exact) mass is 281 g/mol. The van der Waals surface area contributed by atoms with Gasteiger partial charge in [0.1, 0.15) is 6.61 Å². The number of ether oxygens (including phenoxy) is 1. The molecule has 1 N–H and O–H groups in total. The van der Waals surface area contributed by atoms with E-state index in [-0.39, 0.29) is 42.2 Å². The van der Waals surface area contributed by atoms with Crippen LogP contribution < -0.4 is 5.56 Å². The van der Waals surface area contributed by atoms with E-state index in [2.05, 4.69) is 0 Å². The van der Waals surface area contributed by atoms with Crippen LogP contribution in [0, 0.1) is 0 Å². The molecule has 3 rings (SSSR count). The van der Waals surface area contributed by atoms with Gasteiger partial charge in [-0.15, -0.1) is 0 Å². The van der Waals surface area contributed by atoms with Crippen LogP contribution >= 0.6 is 0 Å². The Morgan fingerprint density at radius 3 is 2.85 bits per heavy atom. The lowest BCUT2D eigenvalue weighted by molar-refractivity contribution is -0.173. The van der Waals surface area contributed by atoms with Crippen LogP contribution in [-0.4, -0.2) is 28.1 Å². The Bertz CT molecular complexity index is 680. The summed E-state index contributed by atoms with van der Waals surface area (Å²) in [5.41, 5.74) is -2.40. The molecule has 1 atom stereocenters. The minimum atomic E-state index is -2.19. The molecule has 0 unspecified atom stereocenters. The first-order valence-corrected chi connectivity index (χ1v) is 6.25. The number of aliphatic hydroxyl groups is 1. The number of hydrogen-bond donors (Lipinski definition) is 1. The number of carbonyl (C=O) groups is 2. The van der Waals surface area contributed by atoms with E-state index in [0.717, 1.165) is 0 Å². The number of pyridine rings is 1. The topological polar surface area (TPSA) is 85.6 Å². The Labute approximate surface area is 112 Å². The zero-order valence-electron chi connectivity index (χ0n) is 10.5. The molecule has 6 nitrogen and oxygen atoms in total. The summed E-state index contributed by atoms with van der Waals surface area (Å²) in [6, 6.07) is 1.32. The average molecular weight is 281 g/mol. The van der Waals surface area contributed by atoms with Crippen molar-refractivity contribution in [2.45, 2.75) is 31.6 Å². The Balaban J connectivity index is 2.28. The van der Waals surface area contributed by atoms with Crippen molar-refractivity contribution in [1.29, 1.82) is 0 Å². The molecule has 1 aromatic rings. The van der Waals surface area contributed by atoms with Gasteiger partial charge in [-0.05, 0) is 6.07 Å². The minimum absolute atomic E-state index is 0.00194. The van der Waals surface area contributed by atoms with Crippen molar-refractivity contribution in [1.82, 2.24) is 4.57 Å². The maximum absolute atomic E-state index is 12.6. The zero-order valence-corrected chi connectivity index (χ0v) is 10.5. The highest BCUT2D eigenvalue weighted by Crippen LogP contribution is 2.34. The lowest BCUT2D eigenvalue weighted by Crippen LogP contribution is -2.45. The number of alkyl halides is 1. The van der Waals surface area contributed by atoms with Crippen LogP contribution in [0.4, 0.5) is 4.39 Å². The SMILES string of the molecule is O=C1CCn2c1cc1c(c2=O)COC(=O)[C@]1(O)CCF. The summed E-state index contributed by atoms with van der Waals surface area (Å²) < 4.78 is 18.7. The molecule has 1 aromatic heterocycles. The molecule has 0 radical (unpaired) electrons. The molecule has 0 amide bonds. The zero-order chi connectivity index (χ0) is 14.5. The first-order chi connectivity index (χ1) is 9.49. The number of carbonyl (C=O) groups excluding carboxylic acids is 2. The molecule has 2 aliphatic rings. The number of esters is 1. The van der Waals surface area contributed by atoms with E-state index < -0.39 is 30.2 Å². The number of cyclic esters (lactones) is 1. The van der Waals surface area contributed by atoms with Crippen molar-refractivity contribution in [2.24, 2.45) is 0 Å². The van der Waals surface area contributed by atoms with Gasteiger partial charge in [0, 0.05) is 24.9 Å². The van der Waals surface area contributed by atoms with Crippen LogP contribution in [0.25, 0.3) is 0 Å². The molecule has 0 saturated heterocycles. The van der Waals surface area contributed by atoms with Gasteiger partial charge < -0.3 is 14.4 Å². The molecule has 2 aliphatic heterocycles. The van der Waals surface area contributed by atoms with Crippen LogP contribution in [0.3, 0.4) is 0 Å². The molecule has 0 spiro atoms. The number of nitrogens with zero attached hydrogens (tertiary/aromatic N) is 1. The lowest BCUT2D eigenvalue weighted by atomic mass is 9.86. The smallest absolute Gasteiger partial charge is 0.343 e. The molecule has 106 valence electrons.